The number of benzene rings is 2. The number of hydrogen-bond acceptors (Lipinski definition) is 4. The smallest absolute Gasteiger partial charge is 0.274 e. The third-order valence-electron chi connectivity index (χ3n) is 3.97. The van der Waals surface area contributed by atoms with Crippen LogP contribution in [0.1, 0.15) is 27.2 Å². The molecular weight excluding hydrogens is 348 g/mol. The van der Waals surface area contributed by atoms with Crippen molar-refractivity contribution in [2.75, 3.05) is 10.6 Å². The first kappa shape index (κ1) is 17.9. The topological polar surface area (TPSA) is 66.9 Å². The van der Waals surface area contributed by atoms with Crippen LogP contribution in [-0.4, -0.2) is 15.9 Å². The number of anilines is 2. The zero-order chi connectivity index (χ0) is 18.5. The van der Waals surface area contributed by atoms with Gasteiger partial charge in [0.1, 0.15) is 5.69 Å². The fourth-order valence-electron chi connectivity index (χ4n) is 2.54. The van der Waals surface area contributed by atoms with Crippen LogP contribution in [0.15, 0.2) is 54.7 Å². The lowest BCUT2D eigenvalue weighted by Crippen LogP contribution is -2.16. The van der Waals surface area contributed by atoms with Gasteiger partial charge in [0, 0.05) is 23.5 Å². The molecule has 1 heterocycles. The molecule has 6 heteroatoms. The van der Waals surface area contributed by atoms with Crippen LogP contribution in [0.4, 0.5) is 11.6 Å². The highest BCUT2D eigenvalue weighted by Crippen LogP contribution is 2.20. The number of amides is 1. The summed E-state index contributed by atoms with van der Waals surface area (Å²) in [7, 11) is 0. The standard InChI is InChI=1S/C20H19ClN4O/c1-13-4-3-5-14(2)18(13)25-19(26)17-10-11-22-20(24-17)23-12-15-6-8-16(21)9-7-15/h3-11H,12H2,1-2H3,(H,25,26)(H,22,23,24). The molecule has 0 aliphatic heterocycles. The lowest BCUT2D eigenvalue weighted by Gasteiger charge is -2.11. The fraction of sp³-hybridized carbons (Fsp3) is 0.150. The van der Waals surface area contributed by atoms with Crippen molar-refractivity contribution in [1.82, 2.24) is 9.97 Å². The molecule has 0 bridgehead atoms. The van der Waals surface area contributed by atoms with Crippen molar-refractivity contribution in [2.45, 2.75) is 20.4 Å². The summed E-state index contributed by atoms with van der Waals surface area (Å²) in [6, 6.07) is 15.0. The van der Waals surface area contributed by atoms with Crippen molar-refractivity contribution in [3.63, 3.8) is 0 Å². The SMILES string of the molecule is Cc1cccc(C)c1NC(=O)c1ccnc(NCc2ccc(Cl)cc2)n1. The minimum Gasteiger partial charge on any atom is -0.350 e. The quantitative estimate of drug-likeness (QED) is 0.691. The van der Waals surface area contributed by atoms with E-state index in [4.69, 9.17) is 11.6 Å². The Kier molecular flexibility index (Phi) is 5.49. The Morgan fingerprint density at radius 1 is 1.04 bits per heavy atom. The molecule has 0 saturated carbocycles. The number of halogens is 1. The average Bonchev–Trinajstić information content (AvgIpc) is 2.64. The lowest BCUT2D eigenvalue weighted by molar-refractivity contribution is 0.102. The van der Waals surface area contributed by atoms with Crippen molar-refractivity contribution >= 4 is 29.1 Å². The van der Waals surface area contributed by atoms with Crippen LogP contribution >= 0.6 is 11.6 Å². The summed E-state index contributed by atoms with van der Waals surface area (Å²) < 4.78 is 0. The van der Waals surface area contributed by atoms with Gasteiger partial charge in [-0.3, -0.25) is 4.79 Å². The number of nitrogens with one attached hydrogen (secondary N) is 2. The van der Waals surface area contributed by atoms with E-state index in [0.29, 0.717) is 23.2 Å². The van der Waals surface area contributed by atoms with Crippen molar-refractivity contribution < 1.29 is 4.79 Å². The van der Waals surface area contributed by atoms with E-state index in [1.807, 2.05) is 56.3 Å². The monoisotopic (exact) mass is 366 g/mol. The van der Waals surface area contributed by atoms with E-state index in [-0.39, 0.29) is 5.91 Å². The zero-order valence-electron chi connectivity index (χ0n) is 14.6. The molecule has 3 rings (SSSR count). The van der Waals surface area contributed by atoms with Gasteiger partial charge in [0.05, 0.1) is 0 Å². The maximum atomic E-state index is 12.5. The van der Waals surface area contributed by atoms with Crippen molar-refractivity contribution in [2.24, 2.45) is 0 Å². The molecule has 5 nitrogen and oxygen atoms in total. The first-order valence-electron chi connectivity index (χ1n) is 8.22. The van der Waals surface area contributed by atoms with Gasteiger partial charge in [-0.25, -0.2) is 9.97 Å². The van der Waals surface area contributed by atoms with E-state index in [9.17, 15) is 4.79 Å². The zero-order valence-corrected chi connectivity index (χ0v) is 15.3. The number of aryl methyl sites for hydroxylation is 2. The molecule has 1 aromatic heterocycles. The Balaban J connectivity index is 1.70. The Morgan fingerprint density at radius 2 is 1.73 bits per heavy atom. The first-order valence-corrected chi connectivity index (χ1v) is 8.59. The molecule has 0 unspecified atom stereocenters. The Morgan fingerprint density at radius 3 is 2.42 bits per heavy atom. The van der Waals surface area contributed by atoms with E-state index < -0.39 is 0 Å². The molecule has 132 valence electrons. The van der Waals surface area contributed by atoms with Crippen LogP contribution in [0, 0.1) is 13.8 Å². The predicted octanol–water partition coefficient (Wildman–Crippen LogP) is 4.61. The van der Waals surface area contributed by atoms with Gasteiger partial charge in [-0.15, -0.1) is 0 Å². The van der Waals surface area contributed by atoms with Crippen LogP contribution in [0.25, 0.3) is 0 Å². The molecule has 3 aromatic rings. The summed E-state index contributed by atoms with van der Waals surface area (Å²) in [5.41, 5.74) is 4.18. The minimum atomic E-state index is -0.264. The van der Waals surface area contributed by atoms with E-state index in [0.717, 1.165) is 22.4 Å². The number of nitrogens with zero attached hydrogens (tertiary/aromatic N) is 2. The lowest BCUT2D eigenvalue weighted by atomic mass is 10.1. The van der Waals surface area contributed by atoms with Gasteiger partial charge in [-0.05, 0) is 48.7 Å². The van der Waals surface area contributed by atoms with Gasteiger partial charge >= 0.3 is 0 Å². The number of hydrogen-bond donors (Lipinski definition) is 2. The number of carbonyl (C=O) groups is 1. The highest BCUT2D eigenvalue weighted by molar-refractivity contribution is 6.30. The second-order valence-electron chi connectivity index (χ2n) is 5.97. The summed E-state index contributed by atoms with van der Waals surface area (Å²) >= 11 is 5.88. The van der Waals surface area contributed by atoms with Gasteiger partial charge in [-0.1, -0.05) is 41.9 Å². The fourth-order valence-corrected chi connectivity index (χ4v) is 2.67. The molecule has 0 fully saturated rings. The summed E-state index contributed by atoms with van der Waals surface area (Å²) in [6.45, 7) is 4.46. The number of carbonyl (C=O) groups excluding carboxylic acids is 1. The van der Waals surface area contributed by atoms with Gasteiger partial charge < -0.3 is 10.6 Å². The number of rotatable bonds is 5. The molecule has 0 atom stereocenters. The molecule has 0 aliphatic carbocycles. The maximum Gasteiger partial charge on any atom is 0.274 e. The average molecular weight is 367 g/mol. The van der Waals surface area contributed by atoms with E-state index in [2.05, 4.69) is 20.6 Å². The highest BCUT2D eigenvalue weighted by Gasteiger charge is 2.12. The van der Waals surface area contributed by atoms with Gasteiger partial charge in [0.2, 0.25) is 5.95 Å². The van der Waals surface area contributed by atoms with Crippen molar-refractivity contribution in [1.29, 1.82) is 0 Å². The first-order chi connectivity index (χ1) is 12.5. The Labute approximate surface area is 157 Å². The molecule has 1 amide bonds. The van der Waals surface area contributed by atoms with Crippen LogP contribution < -0.4 is 10.6 Å². The van der Waals surface area contributed by atoms with Crippen LogP contribution in [0.3, 0.4) is 0 Å². The van der Waals surface area contributed by atoms with E-state index >= 15 is 0 Å². The molecule has 2 aromatic carbocycles. The molecule has 0 spiro atoms. The third-order valence-corrected chi connectivity index (χ3v) is 4.22. The molecule has 2 N–H and O–H groups in total. The number of para-hydroxylation sites is 1. The van der Waals surface area contributed by atoms with Crippen LogP contribution in [0.5, 0.6) is 0 Å². The summed E-state index contributed by atoms with van der Waals surface area (Å²) in [4.78, 5) is 21.0. The molecule has 26 heavy (non-hydrogen) atoms. The van der Waals surface area contributed by atoms with Crippen LogP contribution in [-0.2, 0) is 6.54 Å². The van der Waals surface area contributed by atoms with Gasteiger partial charge in [0.15, 0.2) is 0 Å². The Hall–Kier alpha value is -2.92. The predicted molar refractivity (Wildman–Crippen MR) is 105 cm³/mol. The molecule has 0 radical (unpaired) electrons. The number of aromatic nitrogens is 2. The van der Waals surface area contributed by atoms with E-state index in [1.165, 1.54) is 0 Å². The van der Waals surface area contributed by atoms with Gasteiger partial charge in [-0.2, -0.15) is 0 Å². The normalized spacial score (nSPS) is 10.4. The third kappa shape index (κ3) is 4.37. The van der Waals surface area contributed by atoms with Gasteiger partial charge in [0.25, 0.3) is 5.91 Å². The van der Waals surface area contributed by atoms with Crippen molar-refractivity contribution in [3.05, 3.63) is 82.1 Å². The second kappa shape index (κ2) is 7.97. The minimum absolute atomic E-state index is 0.264. The largest absolute Gasteiger partial charge is 0.350 e. The summed E-state index contributed by atoms with van der Waals surface area (Å²) in [5.74, 6) is 0.133. The Bertz CT molecular complexity index is 905. The summed E-state index contributed by atoms with van der Waals surface area (Å²) in [6.07, 6.45) is 1.57. The van der Waals surface area contributed by atoms with Crippen molar-refractivity contribution in [3.8, 4) is 0 Å². The summed E-state index contributed by atoms with van der Waals surface area (Å²) in [5, 5.41) is 6.74. The van der Waals surface area contributed by atoms with Crippen LogP contribution in [0.2, 0.25) is 5.02 Å². The molecule has 0 aliphatic rings. The molecule has 0 saturated heterocycles. The highest BCUT2D eigenvalue weighted by atomic mass is 35.5. The molecular formula is C20H19ClN4O. The van der Waals surface area contributed by atoms with E-state index in [1.54, 1.807) is 12.3 Å². The maximum absolute atomic E-state index is 12.5. The second-order valence-corrected chi connectivity index (χ2v) is 6.40.